The van der Waals surface area contributed by atoms with Crippen LogP contribution in [0.15, 0.2) is 30.7 Å². The first-order valence-corrected chi connectivity index (χ1v) is 12.1. The standard InChI is InChI=1S/C25H32N6O2/c1-16(2)23-21(17-5-9-26-10-6-17)14-27-25(29-23)30-11-7-19(8-12-30)28-24(33)18-13-22(32)31(15-18)20-3-4-20/h5-6,9-10,14,16,18-20H,3-4,7-8,11-13,15H2,1-2H3,(H,28,33)/t18-/m0/s1. The summed E-state index contributed by atoms with van der Waals surface area (Å²) in [4.78, 5) is 42.8. The Morgan fingerprint density at radius 2 is 1.85 bits per heavy atom. The third-order valence-electron chi connectivity index (χ3n) is 6.98. The van der Waals surface area contributed by atoms with E-state index in [1.165, 1.54) is 0 Å². The number of aromatic nitrogens is 3. The molecule has 1 N–H and O–H groups in total. The van der Waals surface area contributed by atoms with Crippen LogP contribution in [0.25, 0.3) is 11.1 Å². The molecule has 2 amide bonds. The number of anilines is 1. The van der Waals surface area contributed by atoms with Crippen molar-refractivity contribution in [3.63, 3.8) is 0 Å². The Balaban J connectivity index is 1.19. The minimum Gasteiger partial charge on any atom is -0.353 e. The van der Waals surface area contributed by atoms with E-state index < -0.39 is 0 Å². The second-order valence-corrected chi connectivity index (χ2v) is 9.81. The second kappa shape index (κ2) is 9.08. The normalized spacial score (nSPS) is 21.7. The molecule has 2 saturated heterocycles. The van der Waals surface area contributed by atoms with E-state index in [-0.39, 0.29) is 29.7 Å². The van der Waals surface area contributed by atoms with Crippen molar-refractivity contribution in [3.8, 4) is 11.1 Å². The molecule has 1 aliphatic carbocycles. The molecule has 8 heteroatoms. The maximum absolute atomic E-state index is 12.8. The number of carbonyl (C=O) groups excluding carboxylic acids is 2. The van der Waals surface area contributed by atoms with Gasteiger partial charge >= 0.3 is 0 Å². The fourth-order valence-corrected chi connectivity index (χ4v) is 4.92. The molecule has 8 nitrogen and oxygen atoms in total. The average Bonchev–Trinajstić information content (AvgIpc) is 3.60. The van der Waals surface area contributed by atoms with Crippen molar-refractivity contribution in [3.05, 3.63) is 36.4 Å². The number of pyridine rings is 1. The van der Waals surface area contributed by atoms with Crippen LogP contribution in [0.3, 0.4) is 0 Å². The molecule has 174 valence electrons. The van der Waals surface area contributed by atoms with Gasteiger partial charge in [0.2, 0.25) is 17.8 Å². The van der Waals surface area contributed by atoms with Crippen molar-refractivity contribution in [2.24, 2.45) is 5.92 Å². The van der Waals surface area contributed by atoms with Gasteiger partial charge in [0.1, 0.15) is 0 Å². The monoisotopic (exact) mass is 448 g/mol. The Hall–Kier alpha value is -3.03. The van der Waals surface area contributed by atoms with Crippen molar-refractivity contribution >= 4 is 17.8 Å². The Kier molecular flexibility index (Phi) is 6.00. The summed E-state index contributed by atoms with van der Waals surface area (Å²) in [5, 5.41) is 3.20. The Labute approximate surface area is 194 Å². The number of likely N-dealkylation sites (tertiary alicyclic amines) is 1. The smallest absolute Gasteiger partial charge is 0.225 e. The lowest BCUT2D eigenvalue weighted by Crippen LogP contribution is -2.47. The number of hydrogen-bond donors (Lipinski definition) is 1. The van der Waals surface area contributed by atoms with Crippen molar-refractivity contribution in [1.29, 1.82) is 0 Å². The molecule has 0 bridgehead atoms. The lowest BCUT2D eigenvalue weighted by Gasteiger charge is -2.33. The number of piperidine rings is 1. The van der Waals surface area contributed by atoms with Gasteiger partial charge in [-0.15, -0.1) is 0 Å². The Morgan fingerprint density at radius 1 is 1.12 bits per heavy atom. The van der Waals surface area contributed by atoms with Gasteiger partial charge in [-0.1, -0.05) is 13.8 Å². The van der Waals surface area contributed by atoms with E-state index in [2.05, 4.69) is 34.0 Å². The Bertz CT molecular complexity index is 1010. The minimum atomic E-state index is -0.200. The fourth-order valence-electron chi connectivity index (χ4n) is 4.92. The molecule has 4 heterocycles. The van der Waals surface area contributed by atoms with Gasteiger partial charge in [0.05, 0.1) is 11.6 Å². The van der Waals surface area contributed by atoms with Crippen molar-refractivity contribution < 1.29 is 9.59 Å². The van der Waals surface area contributed by atoms with Crippen LogP contribution in [0.5, 0.6) is 0 Å². The van der Waals surface area contributed by atoms with Crippen LogP contribution >= 0.6 is 0 Å². The highest BCUT2D eigenvalue weighted by molar-refractivity contribution is 5.89. The highest BCUT2D eigenvalue weighted by atomic mass is 16.2. The van der Waals surface area contributed by atoms with E-state index in [0.29, 0.717) is 19.0 Å². The SMILES string of the molecule is CC(C)c1nc(N2CCC(NC(=O)[C@H]3CC(=O)N(C4CC4)C3)CC2)ncc1-c1ccncc1. The molecule has 2 aromatic rings. The Morgan fingerprint density at radius 3 is 2.52 bits per heavy atom. The summed E-state index contributed by atoms with van der Waals surface area (Å²) in [7, 11) is 0. The van der Waals surface area contributed by atoms with Crippen molar-refractivity contribution in [2.45, 2.75) is 64.0 Å². The molecular formula is C25H32N6O2. The van der Waals surface area contributed by atoms with Gasteiger partial charge in [-0.05, 0) is 49.3 Å². The molecule has 1 saturated carbocycles. The largest absolute Gasteiger partial charge is 0.353 e. The molecule has 1 atom stereocenters. The average molecular weight is 449 g/mol. The molecule has 0 spiro atoms. The zero-order valence-corrected chi connectivity index (χ0v) is 19.4. The maximum Gasteiger partial charge on any atom is 0.225 e. The van der Waals surface area contributed by atoms with Crippen molar-refractivity contribution in [2.75, 3.05) is 24.5 Å². The molecule has 2 aliphatic heterocycles. The van der Waals surface area contributed by atoms with Crippen molar-refractivity contribution in [1.82, 2.24) is 25.2 Å². The molecule has 0 aromatic carbocycles. The summed E-state index contributed by atoms with van der Waals surface area (Å²) in [5.74, 6) is 0.999. The van der Waals surface area contributed by atoms with Gasteiger partial charge < -0.3 is 15.1 Å². The minimum absolute atomic E-state index is 0.0324. The predicted octanol–water partition coefficient (Wildman–Crippen LogP) is 2.76. The van der Waals surface area contributed by atoms with E-state index in [9.17, 15) is 9.59 Å². The summed E-state index contributed by atoms with van der Waals surface area (Å²) in [6, 6.07) is 4.50. The molecule has 0 unspecified atom stereocenters. The first-order valence-electron chi connectivity index (χ1n) is 12.1. The van der Waals surface area contributed by atoms with Crippen LogP contribution in [0.4, 0.5) is 5.95 Å². The van der Waals surface area contributed by atoms with Gasteiger partial charge in [-0.3, -0.25) is 14.6 Å². The number of hydrogen-bond acceptors (Lipinski definition) is 6. The summed E-state index contributed by atoms with van der Waals surface area (Å²) in [6.45, 7) is 6.49. The van der Waals surface area contributed by atoms with Crippen LogP contribution in [0, 0.1) is 5.92 Å². The van der Waals surface area contributed by atoms with E-state index in [4.69, 9.17) is 4.98 Å². The van der Waals surface area contributed by atoms with E-state index >= 15 is 0 Å². The summed E-state index contributed by atoms with van der Waals surface area (Å²) in [6.07, 6.45) is 9.73. The van der Waals surface area contributed by atoms with Gasteiger partial charge in [-0.2, -0.15) is 0 Å². The van der Waals surface area contributed by atoms with Gasteiger partial charge in [0.15, 0.2) is 0 Å². The third kappa shape index (κ3) is 4.70. The van der Waals surface area contributed by atoms with Crippen LogP contribution in [0.1, 0.15) is 57.6 Å². The molecular weight excluding hydrogens is 416 g/mol. The molecule has 3 aliphatic rings. The number of amides is 2. The number of nitrogens with one attached hydrogen (secondary N) is 1. The number of rotatable bonds is 6. The van der Waals surface area contributed by atoms with Gasteiger partial charge in [-0.25, -0.2) is 9.97 Å². The maximum atomic E-state index is 12.8. The van der Waals surface area contributed by atoms with E-state index in [1.54, 1.807) is 12.4 Å². The molecule has 2 aromatic heterocycles. The van der Waals surface area contributed by atoms with Gasteiger partial charge in [0.25, 0.3) is 0 Å². The molecule has 5 rings (SSSR count). The molecule has 33 heavy (non-hydrogen) atoms. The zero-order valence-electron chi connectivity index (χ0n) is 19.4. The topological polar surface area (TPSA) is 91.3 Å². The lowest BCUT2D eigenvalue weighted by molar-refractivity contribution is -0.129. The van der Waals surface area contributed by atoms with E-state index in [0.717, 1.165) is 61.5 Å². The molecule has 3 fully saturated rings. The first kappa shape index (κ1) is 21.8. The fraction of sp³-hybridized carbons (Fsp3) is 0.560. The number of nitrogens with zero attached hydrogens (tertiary/aromatic N) is 5. The second-order valence-electron chi connectivity index (χ2n) is 9.81. The van der Waals surface area contributed by atoms with Crippen LogP contribution in [-0.4, -0.2) is 63.4 Å². The first-order chi connectivity index (χ1) is 16.0. The summed E-state index contributed by atoms with van der Waals surface area (Å²) >= 11 is 0. The highest BCUT2D eigenvalue weighted by Gasteiger charge is 2.42. The highest BCUT2D eigenvalue weighted by Crippen LogP contribution is 2.33. The summed E-state index contributed by atoms with van der Waals surface area (Å²) < 4.78 is 0. The third-order valence-corrected chi connectivity index (χ3v) is 6.98. The number of carbonyl (C=O) groups is 2. The van der Waals surface area contributed by atoms with E-state index in [1.807, 2.05) is 23.2 Å². The lowest BCUT2D eigenvalue weighted by atomic mass is 10.00. The molecule has 0 radical (unpaired) electrons. The van der Waals surface area contributed by atoms with Gasteiger partial charge in [0, 0.05) is 62.3 Å². The van der Waals surface area contributed by atoms with Crippen LogP contribution < -0.4 is 10.2 Å². The quantitative estimate of drug-likeness (QED) is 0.731. The predicted molar refractivity (Wildman–Crippen MR) is 126 cm³/mol. The van der Waals surface area contributed by atoms with Crippen LogP contribution in [0.2, 0.25) is 0 Å². The van der Waals surface area contributed by atoms with Crippen LogP contribution in [-0.2, 0) is 9.59 Å². The summed E-state index contributed by atoms with van der Waals surface area (Å²) in [5.41, 5.74) is 3.16. The zero-order chi connectivity index (χ0) is 22.9.